The van der Waals surface area contributed by atoms with Gasteiger partial charge < -0.3 is 29.8 Å². The summed E-state index contributed by atoms with van der Waals surface area (Å²) in [4.78, 5) is 16.4. The molecule has 0 radical (unpaired) electrons. The van der Waals surface area contributed by atoms with Crippen molar-refractivity contribution in [2.45, 2.75) is 26.7 Å². The number of carbonyl (C=O) groups excluding carboxylic acids is 1. The van der Waals surface area contributed by atoms with E-state index in [-0.39, 0.29) is 29.9 Å². The van der Waals surface area contributed by atoms with Gasteiger partial charge in [-0.2, -0.15) is 0 Å². The van der Waals surface area contributed by atoms with Crippen LogP contribution in [0.2, 0.25) is 0 Å². The fraction of sp³-hybridized carbons (Fsp3) is 0.667. The lowest BCUT2D eigenvalue weighted by Crippen LogP contribution is -2.38. The molecule has 0 aliphatic rings. The van der Waals surface area contributed by atoms with Gasteiger partial charge in [0.15, 0.2) is 11.7 Å². The molecule has 0 fully saturated rings. The van der Waals surface area contributed by atoms with E-state index in [1.54, 1.807) is 13.2 Å². The van der Waals surface area contributed by atoms with Gasteiger partial charge in [-0.05, 0) is 32.8 Å². The average molecular weight is 496 g/mol. The molecular weight excluding hydrogens is 463 g/mol. The summed E-state index contributed by atoms with van der Waals surface area (Å²) in [5.74, 6) is 0.962. The van der Waals surface area contributed by atoms with Gasteiger partial charge in [0, 0.05) is 45.5 Å². The maximum Gasteiger partial charge on any atom is 0.287 e. The smallest absolute Gasteiger partial charge is 0.287 e. The summed E-state index contributed by atoms with van der Waals surface area (Å²) in [7, 11) is 1.66. The van der Waals surface area contributed by atoms with Gasteiger partial charge in [0.25, 0.3) is 5.91 Å². The monoisotopic (exact) mass is 496 g/mol. The topological polar surface area (TPSA) is 97.1 Å². The van der Waals surface area contributed by atoms with Crippen molar-refractivity contribution in [3.8, 4) is 0 Å². The van der Waals surface area contributed by atoms with Crippen molar-refractivity contribution in [3.05, 3.63) is 23.7 Å². The minimum Gasteiger partial charge on any atom is -0.459 e. The summed E-state index contributed by atoms with van der Waals surface area (Å²) in [6.07, 6.45) is 3.17. The number of guanidine groups is 1. The minimum absolute atomic E-state index is 0. The fourth-order valence-electron chi connectivity index (χ4n) is 2.12. The van der Waals surface area contributed by atoms with Crippen LogP contribution in [0.1, 0.15) is 35.9 Å². The Morgan fingerprint density at radius 3 is 2.59 bits per heavy atom. The Labute approximate surface area is 178 Å². The Morgan fingerprint density at radius 1 is 1.15 bits per heavy atom. The SMILES string of the molecule is CCNC(=NCCCNC(=O)c1occc1C)NCCCOCCOC.I. The van der Waals surface area contributed by atoms with E-state index in [9.17, 15) is 4.79 Å². The van der Waals surface area contributed by atoms with E-state index in [2.05, 4.69) is 20.9 Å². The number of nitrogens with one attached hydrogen (secondary N) is 3. The van der Waals surface area contributed by atoms with Crippen molar-refractivity contribution in [2.24, 2.45) is 4.99 Å². The predicted octanol–water partition coefficient (Wildman–Crippen LogP) is 1.93. The number of ether oxygens (including phenoxy) is 2. The molecule has 0 unspecified atom stereocenters. The summed E-state index contributed by atoms with van der Waals surface area (Å²) < 4.78 is 15.5. The third-order valence-corrected chi connectivity index (χ3v) is 3.49. The molecule has 0 aliphatic carbocycles. The van der Waals surface area contributed by atoms with Crippen LogP contribution >= 0.6 is 24.0 Å². The molecule has 0 atom stereocenters. The number of amides is 1. The molecule has 0 saturated heterocycles. The first-order valence-corrected chi connectivity index (χ1v) is 9.10. The molecule has 156 valence electrons. The van der Waals surface area contributed by atoms with Gasteiger partial charge in [-0.3, -0.25) is 9.79 Å². The highest BCUT2D eigenvalue weighted by Crippen LogP contribution is 2.07. The highest BCUT2D eigenvalue weighted by Gasteiger charge is 2.11. The van der Waals surface area contributed by atoms with Gasteiger partial charge in [-0.15, -0.1) is 24.0 Å². The first-order valence-electron chi connectivity index (χ1n) is 9.10. The van der Waals surface area contributed by atoms with Gasteiger partial charge in [-0.25, -0.2) is 0 Å². The third kappa shape index (κ3) is 11.9. The molecule has 9 heteroatoms. The number of aliphatic imine (C=N–C) groups is 1. The molecule has 0 saturated carbocycles. The quantitative estimate of drug-likeness (QED) is 0.167. The van der Waals surface area contributed by atoms with Crippen molar-refractivity contribution in [1.29, 1.82) is 0 Å². The molecule has 8 nitrogen and oxygen atoms in total. The zero-order valence-corrected chi connectivity index (χ0v) is 18.8. The van der Waals surface area contributed by atoms with Gasteiger partial charge in [0.2, 0.25) is 0 Å². The zero-order chi connectivity index (χ0) is 19.0. The molecular formula is C18H33IN4O4. The summed E-state index contributed by atoms with van der Waals surface area (Å²) >= 11 is 0. The lowest BCUT2D eigenvalue weighted by Gasteiger charge is -2.11. The predicted molar refractivity (Wildman–Crippen MR) is 117 cm³/mol. The Morgan fingerprint density at radius 2 is 1.93 bits per heavy atom. The van der Waals surface area contributed by atoms with Crippen LogP contribution in [-0.2, 0) is 9.47 Å². The summed E-state index contributed by atoms with van der Waals surface area (Å²) in [6.45, 7) is 8.55. The minimum atomic E-state index is -0.185. The van der Waals surface area contributed by atoms with Crippen molar-refractivity contribution in [2.75, 3.05) is 53.1 Å². The number of rotatable bonds is 13. The van der Waals surface area contributed by atoms with E-state index in [0.717, 1.165) is 37.5 Å². The number of hydrogen-bond acceptors (Lipinski definition) is 5. The molecule has 1 amide bonds. The van der Waals surface area contributed by atoms with Crippen LogP contribution in [-0.4, -0.2) is 65.0 Å². The van der Waals surface area contributed by atoms with Crippen LogP contribution in [0.25, 0.3) is 0 Å². The molecule has 1 aromatic heterocycles. The van der Waals surface area contributed by atoms with Gasteiger partial charge in [-0.1, -0.05) is 0 Å². The molecule has 0 spiro atoms. The highest BCUT2D eigenvalue weighted by molar-refractivity contribution is 14.0. The zero-order valence-electron chi connectivity index (χ0n) is 16.5. The van der Waals surface area contributed by atoms with Gasteiger partial charge >= 0.3 is 0 Å². The van der Waals surface area contributed by atoms with E-state index in [1.165, 1.54) is 6.26 Å². The summed E-state index contributed by atoms with van der Waals surface area (Å²) in [6, 6.07) is 1.77. The number of aryl methyl sites for hydroxylation is 1. The molecule has 1 heterocycles. The standard InChI is InChI=1S/C18H32N4O4.HI/c1-4-19-18(22-10-6-11-25-14-13-24-3)21-9-5-8-20-17(23)16-15(2)7-12-26-16;/h7,12H,4-6,8-11,13-14H2,1-3H3,(H,20,23)(H2,19,21,22);1H. The van der Waals surface area contributed by atoms with Gasteiger partial charge in [0.05, 0.1) is 19.5 Å². The lowest BCUT2D eigenvalue weighted by atomic mass is 10.2. The first-order chi connectivity index (χ1) is 12.7. The number of carbonyl (C=O) groups is 1. The number of halogens is 1. The Kier molecular flexibility index (Phi) is 16.0. The average Bonchev–Trinajstić information content (AvgIpc) is 3.06. The summed E-state index contributed by atoms with van der Waals surface area (Å²) in [5, 5.41) is 9.30. The van der Waals surface area contributed by atoms with Crippen LogP contribution < -0.4 is 16.0 Å². The lowest BCUT2D eigenvalue weighted by molar-refractivity contribution is 0.0698. The number of furan rings is 1. The maximum atomic E-state index is 11.9. The van der Waals surface area contributed by atoms with Crippen LogP contribution in [0.5, 0.6) is 0 Å². The molecule has 3 N–H and O–H groups in total. The Hall–Kier alpha value is -1.33. The highest BCUT2D eigenvalue weighted by atomic mass is 127. The van der Waals surface area contributed by atoms with E-state index in [1.807, 2.05) is 13.8 Å². The van der Waals surface area contributed by atoms with E-state index in [0.29, 0.717) is 38.7 Å². The fourth-order valence-corrected chi connectivity index (χ4v) is 2.12. The summed E-state index contributed by atoms with van der Waals surface area (Å²) in [5.41, 5.74) is 0.838. The number of nitrogens with zero attached hydrogens (tertiary/aromatic N) is 1. The maximum absolute atomic E-state index is 11.9. The van der Waals surface area contributed by atoms with E-state index < -0.39 is 0 Å². The second kappa shape index (κ2) is 16.8. The molecule has 1 aromatic rings. The van der Waals surface area contributed by atoms with Crippen molar-refractivity contribution >= 4 is 35.8 Å². The molecule has 1 rings (SSSR count). The van der Waals surface area contributed by atoms with Crippen LogP contribution in [0.15, 0.2) is 21.7 Å². The van der Waals surface area contributed by atoms with E-state index >= 15 is 0 Å². The largest absolute Gasteiger partial charge is 0.459 e. The molecule has 27 heavy (non-hydrogen) atoms. The van der Waals surface area contributed by atoms with E-state index in [4.69, 9.17) is 13.9 Å². The Bertz CT molecular complexity index is 537. The van der Waals surface area contributed by atoms with Crippen molar-refractivity contribution in [3.63, 3.8) is 0 Å². The molecule has 0 bridgehead atoms. The molecule has 0 aromatic carbocycles. The van der Waals surface area contributed by atoms with Crippen LogP contribution in [0, 0.1) is 6.92 Å². The third-order valence-electron chi connectivity index (χ3n) is 3.49. The normalized spacial score (nSPS) is 11.0. The van der Waals surface area contributed by atoms with Crippen LogP contribution in [0.3, 0.4) is 0 Å². The van der Waals surface area contributed by atoms with Crippen molar-refractivity contribution < 1.29 is 18.7 Å². The van der Waals surface area contributed by atoms with Crippen molar-refractivity contribution in [1.82, 2.24) is 16.0 Å². The Balaban J connectivity index is 0.00000676. The number of hydrogen-bond donors (Lipinski definition) is 3. The second-order valence-corrected chi connectivity index (χ2v) is 5.69. The molecule has 0 aliphatic heterocycles. The first kappa shape index (κ1) is 25.7. The van der Waals surface area contributed by atoms with Crippen LogP contribution in [0.4, 0.5) is 0 Å². The van der Waals surface area contributed by atoms with Gasteiger partial charge in [0.1, 0.15) is 0 Å². The second-order valence-electron chi connectivity index (χ2n) is 5.69. The number of methoxy groups -OCH3 is 1.